The SMILES string of the molecule is CC1(C)CCC2(CC1)C(c1ccc(Cl)nc1NC=O)[C@@H](c1cccc(I)c1)[C@H](C(=O)NC1CCC(c3nnco3)CC1)N2[C@H](c1ccccc1)[C@@H](O)c1ccccc1. The second-order valence-corrected chi connectivity index (χ2v) is 18.7. The van der Waals surface area contributed by atoms with Crippen LogP contribution in [0.4, 0.5) is 5.82 Å². The third-order valence-electron chi connectivity index (χ3n) is 13.2. The van der Waals surface area contributed by atoms with Gasteiger partial charge in [-0.3, -0.25) is 14.5 Å². The van der Waals surface area contributed by atoms with Gasteiger partial charge >= 0.3 is 0 Å². The molecule has 1 saturated heterocycles. The molecule has 1 spiro atoms. The minimum Gasteiger partial charge on any atom is -0.428 e. The molecule has 1 unspecified atom stereocenters. The highest BCUT2D eigenvalue weighted by atomic mass is 127. The molecule has 8 rings (SSSR count). The summed E-state index contributed by atoms with van der Waals surface area (Å²) >= 11 is 8.91. The van der Waals surface area contributed by atoms with Gasteiger partial charge in [0.2, 0.25) is 24.6 Å². The normalized spacial score (nSPS) is 25.2. The average Bonchev–Trinajstić information content (AvgIpc) is 3.87. The number of hydrogen-bond acceptors (Lipinski definition) is 8. The summed E-state index contributed by atoms with van der Waals surface area (Å²) in [5.74, 6) is 0.354. The van der Waals surface area contributed by atoms with Crippen LogP contribution in [-0.4, -0.2) is 55.1 Å². The minimum absolute atomic E-state index is 0.0544. The largest absolute Gasteiger partial charge is 0.428 e. The Balaban J connectivity index is 1.36. The molecule has 10 nitrogen and oxygen atoms in total. The number of rotatable bonds is 11. The third-order valence-corrected chi connectivity index (χ3v) is 14.0. The van der Waals surface area contributed by atoms with Gasteiger partial charge in [0.05, 0.1) is 18.2 Å². The highest BCUT2D eigenvalue weighted by Gasteiger charge is 2.65. The van der Waals surface area contributed by atoms with Gasteiger partial charge in [-0.15, -0.1) is 10.2 Å². The monoisotopic (exact) mass is 912 g/mol. The maximum absolute atomic E-state index is 15.8. The molecular formula is C46H50ClIN6O4. The lowest BCUT2D eigenvalue weighted by Crippen LogP contribution is -2.58. The Bertz CT molecular complexity index is 2170. The lowest BCUT2D eigenvalue weighted by Gasteiger charge is -2.53. The van der Waals surface area contributed by atoms with E-state index in [1.54, 1.807) is 6.07 Å². The lowest BCUT2D eigenvalue weighted by molar-refractivity contribution is -0.133. The molecular weight excluding hydrogens is 863 g/mol. The van der Waals surface area contributed by atoms with E-state index in [0.29, 0.717) is 18.1 Å². The van der Waals surface area contributed by atoms with Crippen molar-refractivity contribution in [2.75, 3.05) is 5.32 Å². The summed E-state index contributed by atoms with van der Waals surface area (Å²) in [7, 11) is 0. The van der Waals surface area contributed by atoms with Crippen LogP contribution in [0.2, 0.25) is 5.15 Å². The molecule has 3 aromatic carbocycles. The zero-order chi connectivity index (χ0) is 40.4. The van der Waals surface area contributed by atoms with Gasteiger partial charge < -0.3 is 20.2 Å². The van der Waals surface area contributed by atoms with Crippen molar-refractivity contribution in [3.05, 3.63) is 140 Å². The second-order valence-electron chi connectivity index (χ2n) is 17.1. The van der Waals surface area contributed by atoms with E-state index >= 15 is 4.79 Å². The molecule has 5 atom stereocenters. The Kier molecular flexibility index (Phi) is 12.0. The first kappa shape index (κ1) is 40.6. The number of likely N-dealkylation sites (tertiary alicyclic amines) is 1. The summed E-state index contributed by atoms with van der Waals surface area (Å²) in [6.45, 7) is 4.63. The maximum atomic E-state index is 15.8. The van der Waals surface area contributed by atoms with Crippen LogP contribution in [0.25, 0.3) is 0 Å². The van der Waals surface area contributed by atoms with Crippen LogP contribution in [0.5, 0.6) is 0 Å². The van der Waals surface area contributed by atoms with Crippen molar-refractivity contribution in [3.63, 3.8) is 0 Å². The quantitative estimate of drug-likeness (QED) is 0.0679. The molecule has 3 N–H and O–H groups in total. The summed E-state index contributed by atoms with van der Waals surface area (Å²) < 4.78 is 6.62. The molecule has 58 heavy (non-hydrogen) atoms. The number of pyridine rings is 1. The van der Waals surface area contributed by atoms with E-state index < -0.39 is 29.6 Å². The standard InChI is InChI=1S/C46H50ClIN6O4/c1-45(2)22-24-46(25-23-45)38(35-20-21-36(47)52-42(35)49-27-55)37(32-14-9-15-33(48)26-32)40(43(57)51-34-18-16-31(17-19-34)44-53-50-28-58-44)54(46)39(29-10-5-3-6-11-29)41(56)30-12-7-4-8-13-30/h3-15,20-21,26-28,31,34,37-41,56H,16-19,22-25H2,1-2H3,(H,51,57)(H,49,52,55)/t31?,34?,37-,38?,39-,40-,41+/m1/s1. The fourth-order valence-electron chi connectivity index (χ4n) is 10.3. The number of halogens is 2. The summed E-state index contributed by atoms with van der Waals surface area (Å²) in [4.78, 5) is 35.2. The van der Waals surface area contributed by atoms with E-state index in [0.717, 1.165) is 77.2 Å². The number of carbonyl (C=O) groups excluding carboxylic acids is 2. The van der Waals surface area contributed by atoms with Crippen molar-refractivity contribution < 1.29 is 19.1 Å². The van der Waals surface area contributed by atoms with Crippen LogP contribution in [0, 0.1) is 8.99 Å². The van der Waals surface area contributed by atoms with Crippen LogP contribution in [-0.2, 0) is 9.59 Å². The molecule has 1 aliphatic heterocycles. The maximum Gasteiger partial charge on any atom is 0.238 e. The van der Waals surface area contributed by atoms with Crippen LogP contribution in [0.1, 0.15) is 123 Å². The second kappa shape index (κ2) is 17.2. The number of anilines is 1. The molecule has 3 heterocycles. The van der Waals surface area contributed by atoms with Crippen molar-refractivity contribution in [2.24, 2.45) is 5.41 Å². The van der Waals surface area contributed by atoms with Gasteiger partial charge in [-0.2, -0.15) is 0 Å². The smallest absolute Gasteiger partial charge is 0.238 e. The Hall–Kier alpha value is -4.17. The molecule has 2 saturated carbocycles. The molecule has 12 heteroatoms. The Labute approximate surface area is 358 Å². The Morgan fingerprint density at radius 2 is 1.62 bits per heavy atom. The van der Waals surface area contributed by atoms with Crippen LogP contribution < -0.4 is 10.6 Å². The summed E-state index contributed by atoms with van der Waals surface area (Å²) in [6, 6.07) is 30.7. The van der Waals surface area contributed by atoms with Gasteiger partial charge in [-0.25, -0.2) is 4.98 Å². The van der Waals surface area contributed by atoms with E-state index in [9.17, 15) is 9.90 Å². The van der Waals surface area contributed by atoms with Crippen LogP contribution >= 0.6 is 34.2 Å². The van der Waals surface area contributed by atoms with Gasteiger partial charge in [-0.05, 0) is 114 Å². The highest BCUT2D eigenvalue weighted by molar-refractivity contribution is 14.1. The van der Waals surface area contributed by atoms with Crippen molar-refractivity contribution >= 4 is 52.3 Å². The summed E-state index contributed by atoms with van der Waals surface area (Å²) in [5.41, 5.74) is 2.90. The molecule has 0 radical (unpaired) electrons. The van der Waals surface area contributed by atoms with E-state index in [2.05, 4.69) is 98.6 Å². The van der Waals surface area contributed by atoms with Crippen molar-refractivity contribution in [1.82, 2.24) is 25.4 Å². The molecule has 3 fully saturated rings. The van der Waals surface area contributed by atoms with Crippen LogP contribution in [0.15, 0.2) is 108 Å². The van der Waals surface area contributed by atoms with Crippen LogP contribution in [0.3, 0.4) is 0 Å². The van der Waals surface area contributed by atoms with E-state index in [1.807, 2.05) is 54.6 Å². The van der Waals surface area contributed by atoms with Gasteiger partial charge in [0.15, 0.2) is 0 Å². The number of aliphatic hydroxyl groups is 1. The van der Waals surface area contributed by atoms with Gasteiger partial charge in [0.25, 0.3) is 0 Å². The van der Waals surface area contributed by atoms with Crippen molar-refractivity contribution in [1.29, 1.82) is 0 Å². The highest BCUT2D eigenvalue weighted by Crippen LogP contribution is 2.65. The zero-order valence-electron chi connectivity index (χ0n) is 32.8. The molecule has 2 aliphatic carbocycles. The lowest BCUT2D eigenvalue weighted by atomic mass is 9.61. The van der Waals surface area contributed by atoms with E-state index in [-0.39, 0.29) is 34.4 Å². The van der Waals surface area contributed by atoms with E-state index in [4.69, 9.17) is 21.0 Å². The number of nitrogens with zero attached hydrogens (tertiary/aromatic N) is 4. The summed E-state index contributed by atoms with van der Waals surface area (Å²) in [5, 5.41) is 27.7. The first-order chi connectivity index (χ1) is 28.1. The van der Waals surface area contributed by atoms with E-state index in [1.165, 1.54) is 6.39 Å². The molecule has 0 bridgehead atoms. The number of carbonyl (C=O) groups is 2. The van der Waals surface area contributed by atoms with Gasteiger partial charge in [-0.1, -0.05) is 104 Å². The number of nitrogens with one attached hydrogen (secondary N) is 2. The molecule has 5 aromatic rings. The van der Waals surface area contributed by atoms with Gasteiger partial charge in [0, 0.05) is 38.5 Å². The summed E-state index contributed by atoms with van der Waals surface area (Å²) in [6.07, 6.45) is 7.50. The topological polar surface area (TPSA) is 133 Å². The minimum atomic E-state index is -0.984. The molecule has 2 amide bonds. The predicted molar refractivity (Wildman–Crippen MR) is 232 cm³/mol. The number of hydrogen-bond donors (Lipinski definition) is 3. The Morgan fingerprint density at radius 1 is 0.931 bits per heavy atom. The fourth-order valence-corrected chi connectivity index (χ4v) is 11.1. The Morgan fingerprint density at radius 3 is 2.26 bits per heavy atom. The third kappa shape index (κ3) is 8.07. The van der Waals surface area contributed by atoms with Gasteiger partial charge in [0.1, 0.15) is 11.0 Å². The molecule has 2 aromatic heterocycles. The first-order valence-electron chi connectivity index (χ1n) is 20.3. The number of amides is 2. The molecule has 302 valence electrons. The fraction of sp³-hybridized carbons (Fsp3) is 0.413. The predicted octanol–water partition coefficient (Wildman–Crippen LogP) is 9.50. The average molecular weight is 913 g/mol. The molecule has 3 aliphatic rings. The number of benzene rings is 3. The van der Waals surface area contributed by atoms with Crippen molar-refractivity contribution in [2.45, 2.75) is 113 Å². The zero-order valence-corrected chi connectivity index (χ0v) is 35.7. The number of aromatic nitrogens is 3. The first-order valence-corrected chi connectivity index (χ1v) is 21.8. The number of aliphatic hydroxyl groups excluding tert-OH is 1. The van der Waals surface area contributed by atoms with Crippen molar-refractivity contribution in [3.8, 4) is 0 Å².